The summed E-state index contributed by atoms with van der Waals surface area (Å²) in [4.78, 5) is 34.0. The molecule has 28 heavy (non-hydrogen) atoms. The highest BCUT2D eigenvalue weighted by Gasteiger charge is 2.28. The second-order valence-corrected chi connectivity index (χ2v) is 9.18. The van der Waals surface area contributed by atoms with Crippen molar-refractivity contribution in [2.45, 2.75) is 26.1 Å². The van der Waals surface area contributed by atoms with Gasteiger partial charge in [0.25, 0.3) is 0 Å². The summed E-state index contributed by atoms with van der Waals surface area (Å²) in [5.41, 5.74) is 1.68. The summed E-state index contributed by atoms with van der Waals surface area (Å²) in [5, 5.41) is 0. The maximum atomic E-state index is 12.4. The number of carbonyl (C=O) groups is 2. The van der Waals surface area contributed by atoms with Crippen LogP contribution < -0.4 is 0 Å². The summed E-state index contributed by atoms with van der Waals surface area (Å²) in [7, 11) is -3.45. The van der Waals surface area contributed by atoms with Gasteiger partial charge in [0, 0.05) is 19.2 Å². The molecule has 2 atom stereocenters. The van der Waals surface area contributed by atoms with Gasteiger partial charge >= 0.3 is 11.9 Å². The van der Waals surface area contributed by atoms with Crippen LogP contribution in [0.15, 0.2) is 60.7 Å². The first-order chi connectivity index (χ1) is 13.3. The molecule has 0 aliphatic carbocycles. The highest BCUT2D eigenvalue weighted by Crippen LogP contribution is 2.39. The van der Waals surface area contributed by atoms with Gasteiger partial charge in [0.1, 0.15) is 13.2 Å². The molecular formula is C21H25O6P. The zero-order valence-corrected chi connectivity index (χ0v) is 16.7. The van der Waals surface area contributed by atoms with Gasteiger partial charge in [-0.05, 0) is 17.5 Å². The van der Waals surface area contributed by atoms with Crippen molar-refractivity contribution in [3.05, 3.63) is 71.8 Å². The zero-order chi connectivity index (χ0) is 20.4. The zero-order valence-electron chi connectivity index (χ0n) is 15.8. The van der Waals surface area contributed by atoms with Crippen LogP contribution >= 0.6 is 7.37 Å². The standard InChI is InChI=1S/C21H25O6P/c1-28(24,25)16-19(21(23)27-15-18-10-6-3-7-11-18)12-13-20(22)26-14-17-8-4-2-5-9-17/h2-11,19H,12-16H2,1H3,(H,24,25). The second kappa shape index (κ2) is 10.8. The number of hydrogen-bond acceptors (Lipinski definition) is 5. The monoisotopic (exact) mass is 404 g/mol. The van der Waals surface area contributed by atoms with Crippen molar-refractivity contribution in [2.75, 3.05) is 12.8 Å². The van der Waals surface area contributed by atoms with E-state index in [0.717, 1.165) is 11.1 Å². The Bertz CT molecular complexity index is 800. The topological polar surface area (TPSA) is 89.9 Å². The molecule has 0 aliphatic heterocycles. The third kappa shape index (κ3) is 8.51. The molecule has 0 amide bonds. The fraction of sp³-hybridized carbons (Fsp3) is 0.333. The van der Waals surface area contributed by atoms with Crippen molar-refractivity contribution in [3.63, 3.8) is 0 Å². The van der Waals surface area contributed by atoms with E-state index in [-0.39, 0.29) is 32.2 Å². The van der Waals surface area contributed by atoms with Crippen LogP contribution in [-0.4, -0.2) is 29.7 Å². The Morgan fingerprint density at radius 2 is 1.43 bits per heavy atom. The van der Waals surface area contributed by atoms with Gasteiger partial charge in [0.05, 0.1) is 5.92 Å². The minimum absolute atomic E-state index is 0.0298. The van der Waals surface area contributed by atoms with Crippen molar-refractivity contribution >= 4 is 19.3 Å². The van der Waals surface area contributed by atoms with Crippen LogP contribution in [0.4, 0.5) is 0 Å². The largest absolute Gasteiger partial charge is 0.461 e. The van der Waals surface area contributed by atoms with Crippen LogP contribution in [-0.2, 0) is 36.8 Å². The van der Waals surface area contributed by atoms with E-state index < -0.39 is 25.2 Å². The van der Waals surface area contributed by atoms with Crippen LogP contribution in [0, 0.1) is 5.92 Å². The average molecular weight is 404 g/mol. The fourth-order valence-electron chi connectivity index (χ4n) is 2.64. The van der Waals surface area contributed by atoms with Crippen LogP contribution in [0.2, 0.25) is 0 Å². The van der Waals surface area contributed by atoms with E-state index in [4.69, 9.17) is 9.47 Å². The third-order valence-electron chi connectivity index (χ3n) is 4.06. The van der Waals surface area contributed by atoms with E-state index in [9.17, 15) is 19.0 Å². The molecule has 0 radical (unpaired) electrons. The summed E-state index contributed by atoms with van der Waals surface area (Å²) < 4.78 is 22.3. The molecular weight excluding hydrogens is 379 g/mol. The summed E-state index contributed by atoms with van der Waals surface area (Å²) in [6.45, 7) is 1.42. The summed E-state index contributed by atoms with van der Waals surface area (Å²) in [5.74, 6) is -1.89. The maximum Gasteiger partial charge on any atom is 0.309 e. The molecule has 0 fully saturated rings. The van der Waals surface area contributed by atoms with Gasteiger partial charge in [0.15, 0.2) is 7.37 Å². The molecule has 2 unspecified atom stereocenters. The quantitative estimate of drug-likeness (QED) is 0.479. The van der Waals surface area contributed by atoms with Gasteiger partial charge in [-0.15, -0.1) is 0 Å². The maximum absolute atomic E-state index is 12.4. The molecule has 0 aliphatic rings. The summed E-state index contributed by atoms with van der Waals surface area (Å²) in [6.07, 6.45) is -0.163. The van der Waals surface area contributed by atoms with E-state index in [1.54, 1.807) is 0 Å². The number of rotatable bonds is 10. The van der Waals surface area contributed by atoms with E-state index in [0.29, 0.717) is 0 Å². The Labute approximate surface area is 164 Å². The molecule has 0 heterocycles. The SMILES string of the molecule is CP(=O)(O)CC(CCC(=O)OCc1ccccc1)C(=O)OCc1ccccc1. The normalized spacial score (nSPS) is 13.9. The molecule has 0 bridgehead atoms. The highest BCUT2D eigenvalue weighted by molar-refractivity contribution is 7.57. The van der Waals surface area contributed by atoms with E-state index in [1.807, 2.05) is 60.7 Å². The van der Waals surface area contributed by atoms with Gasteiger partial charge in [-0.2, -0.15) is 0 Å². The van der Waals surface area contributed by atoms with Gasteiger partial charge in [-0.3, -0.25) is 14.2 Å². The Balaban J connectivity index is 1.86. The first kappa shape index (κ1) is 21.9. The highest BCUT2D eigenvalue weighted by atomic mass is 31.2. The first-order valence-electron chi connectivity index (χ1n) is 9.03. The number of esters is 2. The minimum Gasteiger partial charge on any atom is -0.461 e. The van der Waals surface area contributed by atoms with Gasteiger partial charge in [-0.25, -0.2) is 0 Å². The van der Waals surface area contributed by atoms with E-state index >= 15 is 0 Å². The average Bonchev–Trinajstić information content (AvgIpc) is 2.68. The Morgan fingerprint density at radius 1 is 0.929 bits per heavy atom. The Kier molecular flexibility index (Phi) is 8.42. The molecule has 0 saturated carbocycles. The van der Waals surface area contributed by atoms with Crippen molar-refractivity contribution in [2.24, 2.45) is 5.92 Å². The van der Waals surface area contributed by atoms with Gasteiger partial charge in [0.2, 0.25) is 0 Å². The molecule has 2 aromatic carbocycles. The molecule has 0 aromatic heterocycles. The molecule has 1 N–H and O–H groups in total. The van der Waals surface area contributed by atoms with Crippen LogP contribution in [0.5, 0.6) is 0 Å². The molecule has 2 aromatic rings. The van der Waals surface area contributed by atoms with Crippen LogP contribution in [0.25, 0.3) is 0 Å². The van der Waals surface area contributed by atoms with Crippen LogP contribution in [0.3, 0.4) is 0 Å². The van der Waals surface area contributed by atoms with Crippen molar-refractivity contribution in [1.82, 2.24) is 0 Å². The van der Waals surface area contributed by atoms with Crippen molar-refractivity contribution in [1.29, 1.82) is 0 Å². The number of hydrogen-bond donors (Lipinski definition) is 1. The lowest BCUT2D eigenvalue weighted by Crippen LogP contribution is -2.23. The lowest BCUT2D eigenvalue weighted by Gasteiger charge is -2.17. The first-order valence-corrected chi connectivity index (χ1v) is 11.3. The lowest BCUT2D eigenvalue weighted by molar-refractivity contribution is -0.150. The number of benzene rings is 2. The third-order valence-corrected chi connectivity index (χ3v) is 5.17. The molecule has 6 nitrogen and oxygen atoms in total. The Hall–Kier alpha value is -2.43. The molecule has 0 saturated heterocycles. The van der Waals surface area contributed by atoms with Crippen molar-refractivity contribution in [3.8, 4) is 0 Å². The van der Waals surface area contributed by atoms with E-state index in [1.165, 1.54) is 6.66 Å². The fourth-order valence-corrected chi connectivity index (χ4v) is 3.79. The predicted octanol–water partition coefficient (Wildman–Crippen LogP) is 3.77. The van der Waals surface area contributed by atoms with E-state index in [2.05, 4.69) is 0 Å². The summed E-state index contributed by atoms with van der Waals surface area (Å²) in [6, 6.07) is 18.4. The van der Waals surface area contributed by atoms with Crippen LogP contribution in [0.1, 0.15) is 24.0 Å². The Morgan fingerprint density at radius 3 is 1.93 bits per heavy atom. The predicted molar refractivity (Wildman–Crippen MR) is 106 cm³/mol. The minimum atomic E-state index is -3.45. The summed E-state index contributed by atoms with van der Waals surface area (Å²) >= 11 is 0. The van der Waals surface area contributed by atoms with Gasteiger partial charge in [-0.1, -0.05) is 60.7 Å². The molecule has 2 rings (SSSR count). The molecule has 0 spiro atoms. The molecule has 7 heteroatoms. The molecule has 150 valence electrons. The number of ether oxygens (including phenoxy) is 2. The smallest absolute Gasteiger partial charge is 0.309 e. The lowest BCUT2D eigenvalue weighted by atomic mass is 10.1. The second-order valence-electron chi connectivity index (χ2n) is 6.71. The number of carbonyl (C=O) groups excluding carboxylic acids is 2. The van der Waals surface area contributed by atoms with Gasteiger partial charge < -0.3 is 14.4 Å². The van der Waals surface area contributed by atoms with Crippen molar-refractivity contribution < 1.29 is 28.5 Å².